The van der Waals surface area contributed by atoms with Crippen molar-refractivity contribution in [2.45, 2.75) is 71.1 Å². The average molecular weight is 255 g/mol. The minimum atomic E-state index is -0.324. The maximum atomic E-state index is 11.4. The van der Waals surface area contributed by atoms with Crippen LogP contribution in [0.25, 0.3) is 0 Å². The molecule has 1 aliphatic carbocycles. The van der Waals surface area contributed by atoms with Gasteiger partial charge in [-0.1, -0.05) is 39.0 Å². The van der Waals surface area contributed by atoms with Crippen molar-refractivity contribution in [3.8, 4) is 0 Å². The number of amides is 1. The van der Waals surface area contributed by atoms with E-state index in [9.17, 15) is 9.59 Å². The molecule has 1 saturated carbocycles. The van der Waals surface area contributed by atoms with Crippen molar-refractivity contribution in [1.82, 2.24) is 5.48 Å². The summed E-state index contributed by atoms with van der Waals surface area (Å²) >= 11 is 0. The molecular formula is C14H25NO3. The Kier molecular flexibility index (Phi) is 7.46. The van der Waals surface area contributed by atoms with Crippen molar-refractivity contribution in [2.24, 2.45) is 5.92 Å². The molecule has 1 aliphatic rings. The van der Waals surface area contributed by atoms with Gasteiger partial charge in [0.2, 0.25) is 0 Å². The highest BCUT2D eigenvalue weighted by Gasteiger charge is 2.14. The number of carbonyl (C=O) groups excluding carboxylic acids is 2. The maximum Gasteiger partial charge on any atom is 0.332 e. The van der Waals surface area contributed by atoms with E-state index in [1.54, 1.807) is 0 Å². The van der Waals surface area contributed by atoms with Crippen LogP contribution in [-0.4, -0.2) is 11.9 Å². The van der Waals surface area contributed by atoms with E-state index in [1.165, 1.54) is 32.1 Å². The first-order chi connectivity index (χ1) is 8.72. The number of carbonyl (C=O) groups is 2. The fraction of sp³-hybridized carbons (Fsp3) is 0.857. The summed E-state index contributed by atoms with van der Waals surface area (Å²) in [7, 11) is 0. The lowest BCUT2D eigenvalue weighted by molar-refractivity contribution is -0.158. The van der Waals surface area contributed by atoms with Gasteiger partial charge in [-0.3, -0.25) is 4.79 Å². The number of hydroxylamine groups is 1. The number of nitrogens with one attached hydrogen (secondary N) is 1. The van der Waals surface area contributed by atoms with Gasteiger partial charge in [-0.15, -0.1) is 0 Å². The Labute approximate surface area is 109 Å². The summed E-state index contributed by atoms with van der Waals surface area (Å²) in [6.45, 7) is 1.91. The molecule has 0 aromatic carbocycles. The molecular weight excluding hydrogens is 230 g/mol. The van der Waals surface area contributed by atoms with Gasteiger partial charge in [-0.25, -0.2) is 4.79 Å². The van der Waals surface area contributed by atoms with Crippen LogP contribution in [0.15, 0.2) is 0 Å². The summed E-state index contributed by atoms with van der Waals surface area (Å²) in [5, 5.41) is 0. The SMILES string of the molecule is CCCC(=O)NOC(=O)CCCC1CCCCC1. The highest BCUT2D eigenvalue weighted by atomic mass is 16.7. The van der Waals surface area contributed by atoms with Gasteiger partial charge in [0.1, 0.15) is 0 Å². The van der Waals surface area contributed by atoms with E-state index >= 15 is 0 Å². The third-order valence-corrected chi connectivity index (χ3v) is 3.47. The van der Waals surface area contributed by atoms with Gasteiger partial charge in [0.15, 0.2) is 0 Å². The molecule has 4 heteroatoms. The van der Waals surface area contributed by atoms with E-state index in [2.05, 4.69) is 5.48 Å². The van der Waals surface area contributed by atoms with Crippen molar-refractivity contribution in [1.29, 1.82) is 0 Å². The van der Waals surface area contributed by atoms with Gasteiger partial charge in [0.05, 0.1) is 0 Å². The molecule has 0 aromatic rings. The lowest BCUT2D eigenvalue weighted by Crippen LogP contribution is -2.26. The van der Waals surface area contributed by atoms with Gasteiger partial charge in [0, 0.05) is 12.8 Å². The minimum absolute atomic E-state index is 0.224. The monoisotopic (exact) mass is 255 g/mol. The Morgan fingerprint density at radius 2 is 1.89 bits per heavy atom. The first-order valence-electron chi connectivity index (χ1n) is 7.21. The molecule has 104 valence electrons. The molecule has 0 unspecified atom stereocenters. The van der Waals surface area contributed by atoms with Gasteiger partial charge < -0.3 is 4.84 Å². The summed E-state index contributed by atoms with van der Waals surface area (Å²) in [6.07, 6.45) is 10.2. The largest absolute Gasteiger partial charge is 0.341 e. The summed E-state index contributed by atoms with van der Waals surface area (Å²) < 4.78 is 0. The second-order valence-electron chi connectivity index (χ2n) is 5.15. The van der Waals surface area contributed by atoms with Crippen LogP contribution in [0.3, 0.4) is 0 Å². The predicted molar refractivity (Wildman–Crippen MR) is 69.6 cm³/mol. The summed E-state index contributed by atoms with van der Waals surface area (Å²) in [5.41, 5.74) is 2.18. The van der Waals surface area contributed by atoms with E-state index in [0.717, 1.165) is 25.2 Å². The van der Waals surface area contributed by atoms with Crippen LogP contribution in [0, 0.1) is 5.92 Å². The summed E-state index contributed by atoms with van der Waals surface area (Å²) in [5.74, 6) is 0.245. The number of hydrogen-bond donors (Lipinski definition) is 1. The molecule has 0 heterocycles. The minimum Gasteiger partial charge on any atom is -0.341 e. The second-order valence-corrected chi connectivity index (χ2v) is 5.15. The molecule has 0 bridgehead atoms. The van der Waals surface area contributed by atoms with Crippen LogP contribution in [0.5, 0.6) is 0 Å². The quantitative estimate of drug-likeness (QED) is 0.742. The molecule has 1 rings (SSSR count). The molecule has 0 aliphatic heterocycles. The lowest BCUT2D eigenvalue weighted by Gasteiger charge is -2.20. The maximum absolute atomic E-state index is 11.4. The van der Waals surface area contributed by atoms with Crippen molar-refractivity contribution in [3.05, 3.63) is 0 Å². The summed E-state index contributed by atoms with van der Waals surface area (Å²) in [4.78, 5) is 27.1. The zero-order valence-electron chi connectivity index (χ0n) is 11.4. The predicted octanol–water partition coefficient (Wildman–Crippen LogP) is 3.11. The van der Waals surface area contributed by atoms with Crippen LogP contribution in [0.2, 0.25) is 0 Å². The first-order valence-corrected chi connectivity index (χ1v) is 7.21. The number of rotatable bonds is 6. The Morgan fingerprint density at radius 3 is 2.56 bits per heavy atom. The Bertz CT molecular complexity index is 260. The van der Waals surface area contributed by atoms with Gasteiger partial charge in [-0.05, 0) is 25.2 Å². The highest BCUT2D eigenvalue weighted by molar-refractivity contribution is 5.77. The van der Waals surface area contributed by atoms with Gasteiger partial charge >= 0.3 is 5.97 Å². The smallest absolute Gasteiger partial charge is 0.332 e. The number of hydrogen-bond acceptors (Lipinski definition) is 3. The molecule has 4 nitrogen and oxygen atoms in total. The zero-order chi connectivity index (χ0) is 13.2. The van der Waals surface area contributed by atoms with E-state index in [4.69, 9.17) is 4.84 Å². The fourth-order valence-corrected chi connectivity index (χ4v) is 2.45. The van der Waals surface area contributed by atoms with Gasteiger partial charge in [-0.2, -0.15) is 5.48 Å². The van der Waals surface area contributed by atoms with Crippen molar-refractivity contribution in [2.75, 3.05) is 0 Å². The normalized spacial score (nSPS) is 16.3. The van der Waals surface area contributed by atoms with Crippen LogP contribution in [-0.2, 0) is 14.4 Å². The fourth-order valence-electron chi connectivity index (χ4n) is 2.45. The van der Waals surface area contributed by atoms with Crippen molar-refractivity contribution >= 4 is 11.9 Å². The Hall–Kier alpha value is -1.06. The lowest BCUT2D eigenvalue weighted by atomic mass is 9.86. The molecule has 0 spiro atoms. The Balaban J connectivity index is 2.00. The molecule has 1 N–H and O–H groups in total. The molecule has 0 atom stereocenters. The van der Waals surface area contributed by atoms with Crippen molar-refractivity contribution in [3.63, 3.8) is 0 Å². The first kappa shape index (κ1) is 15.0. The van der Waals surface area contributed by atoms with E-state index in [-0.39, 0.29) is 11.9 Å². The van der Waals surface area contributed by atoms with Crippen LogP contribution in [0.4, 0.5) is 0 Å². The summed E-state index contributed by atoms with van der Waals surface area (Å²) in [6, 6.07) is 0. The molecule has 1 fully saturated rings. The molecule has 0 aromatic heterocycles. The third-order valence-electron chi connectivity index (χ3n) is 3.47. The molecule has 1 amide bonds. The van der Waals surface area contributed by atoms with Crippen molar-refractivity contribution < 1.29 is 14.4 Å². The van der Waals surface area contributed by atoms with Crippen LogP contribution in [0.1, 0.15) is 71.1 Å². The van der Waals surface area contributed by atoms with Gasteiger partial charge in [0.25, 0.3) is 5.91 Å². The van der Waals surface area contributed by atoms with Crippen LogP contribution >= 0.6 is 0 Å². The molecule has 0 radical (unpaired) electrons. The molecule has 0 saturated heterocycles. The highest BCUT2D eigenvalue weighted by Crippen LogP contribution is 2.27. The third kappa shape index (κ3) is 6.62. The van der Waals surface area contributed by atoms with E-state index in [1.807, 2.05) is 6.92 Å². The van der Waals surface area contributed by atoms with E-state index < -0.39 is 0 Å². The molecule has 18 heavy (non-hydrogen) atoms. The Morgan fingerprint density at radius 1 is 1.17 bits per heavy atom. The van der Waals surface area contributed by atoms with E-state index in [0.29, 0.717) is 12.8 Å². The average Bonchev–Trinajstić information content (AvgIpc) is 2.38. The van der Waals surface area contributed by atoms with Crippen LogP contribution < -0.4 is 5.48 Å². The topological polar surface area (TPSA) is 55.4 Å². The standard InChI is InChI=1S/C14H25NO3/c1-2-7-13(16)15-18-14(17)11-6-10-12-8-4-3-5-9-12/h12H,2-11H2,1H3,(H,15,16). The zero-order valence-corrected chi connectivity index (χ0v) is 11.4. The second kappa shape index (κ2) is 8.95.